The summed E-state index contributed by atoms with van der Waals surface area (Å²) in [6.45, 7) is 0.689. The fourth-order valence-electron chi connectivity index (χ4n) is 2.92. The van der Waals surface area contributed by atoms with Crippen molar-refractivity contribution in [1.82, 2.24) is 19.9 Å². The van der Waals surface area contributed by atoms with Crippen molar-refractivity contribution in [2.75, 3.05) is 5.43 Å². The van der Waals surface area contributed by atoms with Crippen LogP contribution in [0.25, 0.3) is 11.4 Å². The standard InChI is InChI=1S/C21H16Cl3N5OS/c22-16-3-4-19(30-12-14-1-2-17(23)10-18(14)24)15(9-16)11-26-29-20(27-28-21(29)31)13-5-7-25-8-6-13/h1-10,26H,11-12H2,(H,28,31). The van der Waals surface area contributed by atoms with Crippen LogP contribution in [0.2, 0.25) is 15.1 Å². The lowest BCUT2D eigenvalue weighted by molar-refractivity contribution is 0.303. The molecule has 0 aliphatic heterocycles. The van der Waals surface area contributed by atoms with Gasteiger partial charge in [-0.25, -0.2) is 9.77 Å². The summed E-state index contributed by atoms with van der Waals surface area (Å²) >= 11 is 23.8. The smallest absolute Gasteiger partial charge is 0.214 e. The van der Waals surface area contributed by atoms with Crippen LogP contribution in [0.1, 0.15) is 11.1 Å². The Morgan fingerprint density at radius 1 is 0.968 bits per heavy atom. The Bertz CT molecular complexity index is 1260. The van der Waals surface area contributed by atoms with Crippen molar-refractivity contribution < 1.29 is 4.74 Å². The molecule has 4 aromatic rings. The number of hydrogen-bond donors (Lipinski definition) is 2. The van der Waals surface area contributed by atoms with Crippen LogP contribution in [0.5, 0.6) is 5.75 Å². The number of halogens is 3. The lowest BCUT2D eigenvalue weighted by Crippen LogP contribution is -2.16. The molecular formula is C21H16Cl3N5OS. The predicted molar refractivity (Wildman–Crippen MR) is 126 cm³/mol. The van der Waals surface area contributed by atoms with Crippen LogP contribution in [-0.4, -0.2) is 19.9 Å². The van der Waals surface area contributed by atoms with Gasteiger partial charge in [-0.2, -0.15) is 5.10 Å². The molecule has 2 heterocycles. The van der Waals surface area contributed by atoms with Crippen molar-refractivity contribution in [2.45, 2.75) is 13.2 Å². The third-order valence-electron chi connectivity index (χ3n) is 4.46. The Kier molecular flexibility index (Phi) is 6.77. The Morgan fingerprint density at radius 2 is 1.71 bits per heavy atom. The Labute approximate surface area is 198 Å². The fourth-order valence-corrected chi connectivity index (χ4v) is 3.78. The van der Waals surface area contributed by atoms with Gasteiger partial charge in [0.25, 0.3) is 0 Å². The number of rotatable bonds is 7. The van der Waals surface area contributed by atoms with E-state index in [2.05, 4.69) is 20.6 Å². The van der Waals surface area contributed by atoms with E-state index < -0.39 is 0 Å². The molecule has 0 spiro atoms. The van der Waals surface area contributed by atoms with Gasteiger partial charge in [0, 0.05) is 44.2 Å². The minimum atomic E-state index is 0.290. The fraction of sp³-hybridized carbons (Fsp3) is 0.0952. The number of nitrogens with zero attached hydrogens (tertiary/aromatic N) is 3. The average Bonchev–Trinajstić information content (AvgIpc) is 3.13. The molecule has 31 heavy (non-hydrogen) atoms. The molecule has 0 bridgehead atoms. The van der Waals surface area contributed by atoms with Crippen molar-refractivity contribution in [1.29, 1.82) is 0 Å². The van der Waals surface area contributed by atoms with Crippen molar-refractivity contribution >= 4 is 47.0 Å². The average molecular weight is 493 g/mol. The molecule has 0 saturated carbocycles. The van der Waals surface area contributed by atoms with Gasteiger partial charge < -0.3 is 10.2 Å². The Morgan fingerprint density at radius 3 is 2.48 bits per heavy atom. The lowest BCUT2D eigenvalue weighted by Gasteiger charge is -2.15. The summed E-state index contributed by atoms with van der Waals surface area (Å²) in [5, 5.41) is 8.83. The highest BCUT2D eigenvalue weighted by molar-refractivity contribution is 7.71. The maximum absolute atomic E-state index is 6.25. The van der Waals surface area contributed by atoms with Crippen molar-refractivity contribution in [3.05, 3.63) is 91.9 Å². The highest BCUT2D eigenvalue weighted by Crippen LogP contribution is 2.27. The van der Waals surface area contributed by atoms with Gasteiger partial charge in [0.15, 0.2) is 5.82 Å². The maximum atomic E-state index is 6.25. The number of aromatic amines is 1. The van der Waals surface area contributed by atoms with E-state index in [0.717, 1.165) is 16.7 Å². The van der Waals surface area contributed by atoms with E-state index in [1.165, 1.54) is 0 Å². The van der Waals surface area contributed by atoms with Crippen LogP contribution >= 0.6 is 47.0 Å². The number of nitrogens with one attached hydrogen (secondary N) is 2. The molecule has 0 unspecified atom stereocenters. The van der Waals surface area contributed by atoms with E-state index in [9.17, 15) is 0 Å². The minimum absolute atomic E-state index is 0.290. The summed E-state index contributed by atoms with van der Waals surface area (Å²) < 4.78 is 8.16. The maximum Gasteiger partial charge on any atom is 0.214 e. The van der Waals surface area contributed by atoms with Gasteiger partial charge in [-0.3, -0.25) is 4.98 Å². The second-order valence-electron chi connectivity index (χ2n) is 6.54. The van der Waals surface area contributed by atoms with E-state index in [0.29, 0.717) is 38.0 Å². The Balaban J connectivity index is 1.54. The van der Waals surface area contributed by atoms with Crippen LogP contribution in [0.4, 0.5) is 0 Å². The summed E-state index contributed by atoms with van der Waals surface area (Å²) in [4.78, 5) is 4.04. The van der Waals surface area contributed by atoms with Crippen LogP contribution in [0.15, 0.2) is 60.9 Å². The van der Waals surface area contributed by atoms with Crippen molar-refractivity contribution in [3.63, 3.8) is 0 Å². The highest BCUT2D eigenvalue weighted by Gasteiger charge is 2.11. The molecule has 6 nitrogen and oxygen atoms in total. The van der Waals surface area contributed by atoms with E-state index in [1.54, 1.807) is 35.3 Å². The van der Waals surface area contributed by atoms with Gasteiger partial charge in [-0.1, -0.05) is 40.9 Å². The summed E-state index contributed by atoms with van der Waals surface area (Å²) in [7, 11) is 0. The zero-order valence-electron chi connectivity index (χ0n) is 16.0. The quantitative estimate of drug-likeness (QED) is 0.297. The normalized spacial score (nSPS) is 10.8. The van der Waals surface area contributed by atoms with Gasteiger partial charge in [-0.15, -0.1) is 0 Å². The minimum Gasteiger partial charge on any atom is -0.488 e. The number of aromatic nitrogens is 4. The molecule has 2 N–H and O–H groups in total. The number of benzene rings is 2. The van der Waals surface area contributed by atoms with Gasteiger partial charge in [0.05, 0.1) is 6.54 Å². The number of H-pyrrole nitrogens is 1. The van der Waals surface area contributed by atoms with Gasteiger partial charge in [-0.05, 0) is 54.7 Å². The molecule has 0 atom stereocenters. The summed E-state index contributed by atoms with van der Waals surface area (Å²) in [5.41, 5.74) is 5.83. The van der Waals surface area contributed by atoms with E-state index in [-0.39, 0.29) is 6.61 Å². The third-order valence-corrected chi connectivity index (χ3v) is 5.56. The van der Waals surface area contributed by atoms with Gasteiger partial charge >= 0.3 is 0 Å². The van der Waals surface area contributed by atoms with Gasteiger partial charge in [0.2, 0.25) is 4.77 Å². The Hall–Kier alpha value is -2.58. The van der Waals surface area contributed by atoms with E-state index in [1.807, 2.05) is 30.3 Å². The first-order chi connectivity index (χ1) is 15.0. The summed E-state index contributed by atoms with van der Waals surface area (Å²) in [6.07, 6.45) is 3.39. The van der Waals surface area contributed by atoms with Crippen LogP contribution < -0.4 is 10.2 Å². The highest BCUT2D eigenvalue weighted by atomic mass is 35.5. The first kappa shape index (κ1) is 21.6. The molecule has 2 aromatic heterocycles. The first-order valence-corrected chi connectivity index (χ1v) is 10.7. The van der Waals surface area contributed by atoms with E-state index >= 15 is 0 Å². The molecule has 0 fully saturated rings. The SMILES string of the molecule is S=c1[nH]nc(-c2ccncc2)n1NCc1cc(Cl)ccc1OCc1ccc(Cl)cc1Cl. The third kappa shape index (κ3) is 5.19. The van der Waals surface area contributed by atoms with Crippen molar-refractivity contribution in [2.24, 2.45) is 0 Å². The second-order valence-corrected chi connectivity index (χ2v) is 8.20. The monoisotopic (exact) mass is 491 g/mol. The molecule has 4 rings (SSSR count). The first-order valence-electron chi connectivity index (χ1n) is 9.18. The second kappa shape index (κ2) is 9.70. The topological polar surface area (TPSA) is 67.8 Å². The molecule has 0 aliphatic carbocycles. The lowest BCUT2D eigenvalue weighted by atomic mass is 10.2. The molecule has 0 radical (unpaired) electrons. The molecule has 10 heteroatoms. The zero-order chi connectivity index (χ0) is 21.8. The number of ether oxygens (including phenoxy) is 1. The molecular weight excluding hydrogens is 477 g/mol. The number of hydrogen-bond acceptors (Lipinski definition) is 5. The number of pyridine rings is 1. The zero-order valence-corrected chi connectivity index (χ0v) is 19.1. The summed E-state index contributed by atoms with van der Waals surface area (Å²) in [5.74, 6) is 1.31. The molecule has 158 valence electrons. The van der Waals surface area contributed by atoms with Crippen LogP contribution in [0.3, 0.4) is 0 Å². The molecule has 0 amide bonds. The van der Waals surface area contributed by atoms with E-state index in [4.69, 9.17) is 51.8 Å². The predicted octanol–water partition coefficient (Wildman–Crippen LogP) is 6.29. The molecule has 0 aliphatic rings. The summed E-state index contributed by atoms with van der Waals surface area (Å²) in [6, 6.07) is 14.4. The van der Waals surface area contributed by atoms with Crippen molar-refractivity contribution in [3.8, 4) is 17.1 Å². The molecule has 0 saturated heterocycles. The van der Waals surface area contributed by atoms with Crippen LogP contribution in [-0.2, 0) is 13.2 Å². The van der Waals surface area contributed by atoms with Crippen LogP contribution in [0, 0.1) is 4.77 Å². The molecule has 2 aromatic carbocycles. The largest absolute Gasteiger partial charge is 0.488 e. The van der Waals surface area contributed by atoms with Gasteiger partial charge in [0.1, 0.15) is 12.4 Å².